The van der Waals surface area contributed by atoms with Crippen molar-refractivity contribution in [3.8, 4) is 0 Å². The molecule has 1 unspecified atom stereocenters. The smallest absolute Gasteiger partial charge is 0.0751 e. The highest BCUT2D eigenvalue weighted by Gasteiger charge is 2.25. The summed E-state index contributed by atoms with van der Waals surface area (Å²) in [6.07, 6.45) is 0. The zero-order valence-corrected chi connectivity index (χ0v) is 6.68. The highest BCUT2D eigenvalue weighted by Crippen LogP contribution is 2.12. The molecule has 0 radical (unpaired) electrons. The van der Waals surface area contributed by atoms with Gasteiger partial charge in [0.05, 0.1) is 12.2 Å². The predicted octanol–water partition coefficient (Wildman–Crippen LogP) is -0.288. The molecule has 0 aromatic heterocycles. The Balaban J connectivity index is 2.31. The van der Waals surface area contributed by atoms with Crippen molar-refractivity contribution in [2.45, 2.75) is 25.5 Å². The number of ether oxygens (including phenoxy) is 1. The first-order chi connectivity index (χ1) is 4.64. The summed E-state index contributed by atoms with van der Waals surface area (Å²) in [5, 5.41) is 3.31. The molecule has 0 aromatic carbocycles. The van der Waals surface area contributed by atoms with Crippen LogP contribution in [0.3, 0.4) is 0 Å². The second kappa shape index (κ2) is 2.86. The standard InChI is InChI=1S/C7H16N2O/c1-7(2)5-9-6(3-8)4-10-7/h6,9H,3-5,8H2,1-2H3. The van der Waals surface area contributed by atoms with Crippen LogP contribution in [0.25, 0.3) is 0 Å². The monoisotopic (exact) mass is 144 g/mol. The molecule has 0 spiro atoms. The minimum absolute atomic E-state index is 0.00826. The third-order valence-electron chi connectivity index (χ3n) is 1.78. The summed E-state index contributed by atoms with van der Waals surface area (Å²) >= 11 is 0. The van der Waals surface area contributed by atoms with E-state index in [1.165, 1.54) is 0 Å². The van der Waals surface area contributed by atoms with E-state index in [9.17, 15) is 0 Å². The Bertz CT molecular complexity index is 104. The second-order valence-corrected chi connectivity index (χ2v) is 3.38. The van der Waals surface area contributed by atoms with Crippen LogP contribution in [0.2, 0.25) is 0 Å². The first-order valence-corrected chi connectivity index (χ1v) is 3.71. The summed E-state index contributed by atoms with van der Waals surface area (Å²) in [5.74, 6) is 0. The van der Waals surface area contributed by atoms with Crippen LogP contribution in [0.4, 0.5) is 0 Å². The Kier molecular flexibility index (Phi) is 2.28. The van der Waals surface area contributed by atoms with Gasteiger partial charge in [-0.05, 0) is 13.8 Å². The highest BCUT2D eigenvalue weighted by atomic mass is 16.5. The van der Waals surface area contributed by atoms with Gasteiger partial charge in [-0.3, -0.25) is 0 Å². The van der Waals surface area contributed by atoms with Crippen molar-refractivity contribution in [3.05, 3.63) is 0 Å². The van der Waals surface area contributed by atoms with E-state index in [-0.39, 0.29) is 5.60 Å². The average Bonchev–Trinajstić information content (AvgIpc) is 1.88. The molecule has 1 saturated heterocycles. The minimum Gasteiger partial charge on any atom is -0.373 e. The Hall–Kier alpha value is -0.120. The lowest BCUT2D eigenvalue weighted by Crippen LogP contribution is -2.54. The van der Waals surface area contributed by atoms with Crippen LogP contribution in [0.15, 0.2) is 0 Å². The number of hydrogen-bond acceptors (Lipinski definition) is 3. The highest BCUT2D eigenvalue weighted by molar-refractivity contribution is 4.82. The molecular weight excluding hydrogens is 128 g/mol. The molecular formula is C7H16N2O. The van der Waals surface area contributed by atoms with Crippen LogP contribution in [0.5, 0.6) is 0 Å². The molecule has 10 heavy (non-hydrogen) atoms. The fraction of sp³-hybridized carbons (Fsp3) is 1.00. The van der Waals surface area contributed by atoms with E-state index in [0.29, 0.717) is 12.6 Å². The van der Waals surface area contributed by atoms with Crippen molar-refractivity contribution in [3.63, 3.8) is 0 Å². The first-order valence-electron chi connectivity index (χ1n) is 3.71. The molecule has 3 heteroatoms. The van der Waals surface area contributed by atoms with Crippen LogP contribution < -0.4 is 11.1 Å². The van der Waals surface area contributed by atoms with Gasteiger partial charge in [-0.25, -0.2) is 0 Å². The summed E-state index contributed by atoms with van der Waals surface area (Å²) in [5.41, 5.74) is 5.44. The van der Waals surface area contributed by atoms with Gasteiger partial charge >= 0.3 is 0 Å². The van der Waals surface area contributed by atoms with Crippen LogP contribution in [-0.4, -0.2) is 31.3 Å². The van der Waals surface area contributed by atoms with E-state index in [1.54, 1.807) is 0 Å². The van der Waals surface area contributed by atoms with Crippen molar-refractivity contribution in [2.24, 2.45) is 5.73 Å². The zero-order valence-electron chi connectivity index (χ0n) is 6.68. The van der Waals surface area contributed by atoms with Crippen molar-refractivity contribution in [1.82, 2.24) is 5.32 Å². The molecule has 1 rings (SSSR count). The van der Waals surface area contributed by atoms with Crippen molar-refractivity contribution in [2.75, 3.05) is 19.7 Å². The normalized spacial score (nSPS) is 32.1. The van der Waals surface area contributed by atoms with E-state index >= 15 is 0 Å². The average molecular weight is 144 g/mol. The lowest BCUT2D eigenvalue weighted by molar-refractivity contribution is -0.0563. The van der Waals surface area contributed by atoms with E-state index in [0.717, 1.165) is 13.2 Å². The van der Waals surface area contributed by atoms with Gasteiger partial charge in [0.15, 0.2) is 0 Å². The summed E-state index contributed by atoms with van der Waals surface area (Å²) in [6.45, 7) is 6.45. The Morgan fingerprint density at radius 3 is 2.80 bits per heavy atom. The molecule has 60 valence electrons. The minimum atomic E-state index is -0.00826. The van der Waals surface area contributed by atoms with Gasteiger partial charge in [0.1, 0.15) is 0 Å². The Labute approximate surface area is 61.9 Å². The van der Waals surface area contributed by atoms with E-state index in [1.807, 2.05) is 0 Å². The number of hydrogen-bond donors (Lipinski definition) is 2. The number of morpholine rings is 1. The SMILES string of the molecule is CC1(C)CNC(CN)CO1. The summed E-state index contributed by atoms with van der Waals surface area (Å²) < 4.78 is 5.53. The summed E-state index contributed by atoms with van der Waals surface area (Å²) in [4.78, 5) is 0. The molecule has 0 aromatic rings. The van der Waals surface area contributed by atoms with E-state index in [4.69, 9.17) is 10.5 Å². The van der Waals surface area contributed by atoms with Gasteiger partial charge in [0.25, 0.3) is 0 Å². The Morgan fingerprint density at radius 1 is 1.70 bits per heavy atom. The van der Waals surface area contributed by atoms with Crippen molar-refractivity contribution >= 4 is 0 Å². The second-order valence-electron chi connectivity index (χ2n) is 3.38. The zero-order chi connectivity index (χ0) is 7.61. The molecule has 0 aliphatic carbocycles. The molecule has 0 bridgehead atoms. The van der Waals surface area contributed by atoms with Gasteiger partial charge in [-0.15, -0.1) is 0 Å². The van der Waals surface area contributed by atoms with E-state index < -0.39 is 0 Å². The number of nitrogens with two attached hydrogens (primary N) is 1. The van der Waals surface area contributed by atoms with Crippen molar-refractivity contribution < 1.29 is 4.74 Å². The molecule has 0 saturated carbocycles. The van der Waals surface area contributed by atoms with Crippen LogP contribution >= 0.6 is 0 Å². The molecule has 3 nitrogen and oxygen atoms in total. The fourth-order valence-electron chi connectivity index (χ4n) is 0.978. The maximum absolute atomic E-state index is 5.53. The summed E-state index contributed by atoms with van der Waals surface area (Å²) in [7, 11) is 0. The van der Waals surface area contributed by atoms with Gasteiger partial charge in [-0.2, -0.15) is 0 Å². The van der Waals surface area contributed by atoms with Crippen LogP contribution in [0, 0.1) is 0 Å². The fourth-order valence-corrected chi connectivity index (χ4v) is 0.978. The largest absolute Gasteiger partial charge is 0.373 e. The topological polar surface area (TPSA) is 47.3 Å². The van der Waals surface area contributed by atoms with Gasteiger partial charge in [-0.1, -0.05) is 0 Å². The molecule has 1 fully saturated rings. The lowest BCUT2D eigenvalue weighted by Gasteiger charge is -2.35. The lowest BCUT2D eigenvalue weighted by atomic mass is 10.1. The number of rotatable bonds is 1. The molecule has 0 amide bonds. The molecule has 3 N–H and O–H groups in total. The molecule has 1 heterocycles. The van der Waals surface area contributed by atoms with Crippen LogP contribution in [-0.2, 0) is 4.74 Å². The maximum atomic E-state index is 5.53. The first kappa shape index (κ1) is 7.98. The quantitative estimate of drug-likeness (QED) is 0.532. The third-order valence-corrected chi connectivity index (χ3v) is 1.78. The molecule has 1 aliphatic rings. The molecule has 1 atom stereocenters. The number of nitrogens with one attached hydrogen (secondary N) is 1. The van der Waals surface area contributed by atoms with Gasteiger partial charge < -0.3 is 15.8 Å². The van der Waals surface area contributed by atoms with Gasteiger partial charge in [0.2, 0.25) is 0 Å². The van der Waals surface area contributed by atoms with Crippen LogP contribution in [0.1, 0.15) is 13.8 Å². The maximum Gasteiger partial charge on any atom is 0.0751 e. The predicted molar refractivity (Wildman–Crippen MR) is 40.9 cm³/mol. The molecule has 1 aliphatic heterocycles. The summed E-state index contributed by atoms with van der Waals surface area (Å²) in [6, 6.07) is 0.355. The van der Waals surface area contributed by atoms with Crippen molar-refractivity contribution in [1.29, 1.82) is 0 Å². The van der Waals surface area contributed by atoms with Gasteiger partial charge in [0, 0.05) is 19.1 Å². The Morgan fingerprint density at radius 2 is 2.40 bits per heavy atom. The van der Waals surface area contributed by atoms with E-state index in [2.05, 4.69) is 19.2 Å². The third kappa shape index (κ3) is 1.94.